The van der Waals surface area contributed by atoms with Crippen LogP contribution in [-0.4, -0.2) is 29.7 Å². The molecule has 0 radical (unpaired) electrons. The number of furan rings is 1. The fraction of sp³-hybridized carbons (Fsp3) is 0.368. The van der Waals surface area contributed by atoms with E-state index in [0.717, 1.165) is 30.8 Å². The molecular weight excluding hydrogens is 290 g/mol. The predicted octanol–water partition coefficient (Wildman–Crippen LogP) is 3.65. The summed E-state index contributed by atoms with van der Waals surface area (Å²) in [7, 11) is 0. The lowest BCUT2D eigenvalue weighted by Gasteiger charge is -2.15. The standard InChI is InChI=1S/C19H21NO3/c21-17(15-6-2-1-3-7-15)8-4-10-19(22)20-12-11-16(14-20)18-9-5-13-23-18/h1-3,5-7,9,13,16H,4,8,10-12,14H2. The molecule has 0 saturated carbocycles. The third-order valence-corrected chi connectivity index (χ3v) is 4.38. The number of carbonyl (C=O) groups excluding carboxylic acids is 2. The van der Waals surface area contributed by atoms with Gasteiger partial charge < -0.3 is 9.32 Å². The largest absolute Gasteiger partial charge is 0.469 e. The first-order valence-corrected chi connectivity index (χ1v) is 8.13. The van der Waals surface area contributed by atoms with Gasteiger partial charge in [-0.2, -0.15) is 0 Å². The van der Waals surface area contributed by atoms with E-state index in [1.165, 1.54) is 0 Å². The SMILES string of the molecule is O=C(CCCC(=O)N1CCC(c2ccco2)C1)c1ccccc1. The molecule has 1 unspecified atom stereocenters. The molecule has 1 fully saturated rings. The summed E-state index contributed by atoms with van der Waals surface area (Å²) in [5.41, 5.74) is 0.721. The van der Waals surface area contributed by atoms with Crippen LogP contribution >= 0.6 is 0 Å². The van der Waals surface area contributed by atoms with Crippen LogP contribution in [0.4, 0.5) is 0 Å². The van der Waals surface area contributed by atoms with Crippen LogP contribution in [-0.2, 0) is 4.79 Å². The Morgan fingerprint density at radius 1 is 1.09 bits per heavy atom. The molecule has 3 rings (SSSR count). The highest BCUT2D eigenvalue weighted by atomic mass is 16.3. The lowest BCUT2D eigenvalue weighted by molar-refractivity contribution is -0.130. The van der Waals surface area contributed by atoms with Gasteiger partial charge >= 0.3 is 0 Å². The maximum Gasteiger partial charge on any atom is 0.222 e. The molecule has 0 bridgehead atoms. The zero-order valence-electron chi connectivity index (χ0n) is 13.1. The number of likely N-dealkylation sites (tertiary alicyclic amines) is 1. The van der Waals surface area contributed by atoms with Gasteiger partial charge in [0.25, 0.3) is 0 Å². The van der Waals surface area contributed by atoms with Gasteiger partial charge in [0.2, 0.25) is 5.91 Å². The second-order valence-electron chi connectivity index (χ2n) is 5.98. The summed E-state index contributed by atoms with van der Waals surface area (Å²) in [6.45, 7) is 1.50. The maximum absolute atomic E-state index is 12.3. The third kappa shape index (κ3) is 3.89. The monoisotopic (exact) mass is 311 g/mol. The van der Waals surface area contributed by atoms with E-state index < -0.39 is 0 Å². The molecular formula is C19H21NO3. The summed E-state index contributed by atoms with van der Waals surface area (Å²) in [6, 6.07) is 13.1. The fourth-order valence-electron chi connectivity index (χ4n) is 3.07. The summed E-state index contributed by atoms with van der Waals surface area (Å²) in [5.74, 6) is 1.51. The highest BCUT2D eigenvalue weighted by molar-refractivity contribution is 5.96. The minimum absolute atomic E-state index is 0.105. The molecule has 2 aromatic rings. The summed E-state index contributed by atoms with van der Waals surface area (Å²) in [5, 5.41) is 0. The maximum atomic E-state index is 12.3. The molecule has 1 saturated heterocycles. The minimum Gasteiger partial charge on any atom is -0.469 e. The van der Waals surface area contributed by atoms with Crippen molar-refractivity contribution in [2.75, 3.05) is 13.1 Å². The second kappa shape index (κ2) is 7.27. The molecule has 4 heteroatoms. The molecule has 1 atom stereocenters. The Bertz CT molecular complexity index is 649. The number of hydrogen-bond acceptors (Lipinski definition) is 3. The average molecular weight is 311 g/mol. The van der Waals surface area contributed by atoms with Crippen molar-refractivity contribution in [1.82, 2.24) is 4.90 Å². The lowest BCUT2D eigenvalue weighted by Crippen LogP contribution is -2.28. The smallest absolute Gasteiger partial charge is 0.222 e. The minimum atomic E-state index is 0.105. The quantitative estimate of drug-likeness (QED) is 0.765. The zero-order valence-corrected chi connectivity index (χ0v) is 13.1. The normalized spacial score (nSPS) is 17.4. The van der Waals surface area contributed by atoms with Gasteiger partial charge in [-0.15, -0.1) is 0 Å². The van der Waals surface area contributed by atoms with Gasteiger partial charge in [0.1, 0.15) is 5.76 Å². The van der Waals surface area contributed by atoms with E-state index in [4.69, 9.17) is 4.42 Å². The number of amides is 1. The van der Waals surface area contributed by atoms with E-state index >= 15 is 0 Å². The number of Topliss-reactive ketones (excluding diaryl/α,β-unsaturated/α-hetero) is 1. The topological polar surface area (TPSA) is 50.5 Å². The zero-order chi connectivity index (χ0) is 16.1. The van der Waals surface area contributed by atoms with Gasteiger partial charge in [0, 0.05) is 37.4 Å². The van der Waals surface area contributed by atoms with Crippen LogP contribution in [0.15, 0.2) is 53.1 Å². The lowest BCUT2D eigenvalue weighted by atomic mass is 10.1. The number of hydrogen-bond donors (Lipinski definition) is 0. The molecule has 0 N–H and O–H groups in total. The van der Waals surface area contributed by atoms with Crippen molar-refractivity contribution in [1.29, 1.82) is 0 Å². The second-order valence-corrected chi connectivity index (χ2v) is 5.98. The fourth-order valence-corrected chi connectivity index (χ4v) is 3.07. The van der Waals surface area contributed by atoms with Gasteiger partial charge in [-0.05, 0) is 25.0 Å². The summed E-state index contributed by atoms with van der Waals surface area (Å²) < 4.78 is 5.42. The Balaban J connectivity index is 1.43. The molecule has 1 aromatic heterocycles. The molecule has 0 aliphatic carbocycles. The van der Waals surface area contributed by atoms with Crippen molar-refractivity contribution in [3.05, 3.63) is 60.1 Å². The van der Waals surface area contributed by atoms with E-state index in [2.05, 4.69) is 0 Å². The molecule has 2 heterocycles. The number of rotatable bonds is 6. The van der Waals surface area contributed by atoms with Crippen molar-refractivity contribution in [2.45, 2.75) is 31.6 Å². The Kier molecular flexibility index (Phi) is 4.91. The highest BCUT2D eigenvalue weighted by Gasteiger charge is 2.28. The molecule has 1 aliphatic heterocycles. The van der Waals surface area contributed by atoms with E-state index in [1.54, 1.807) is 6.26 Å². The first-order valence-electron chi connectivity index (χ1n) is 8.13. The van der Waals surface area contributed by atoms with Gasteiger partial charge in [0.15, 0.2) is 5.78 Å². The third-order valence-electron chi connectivity index (χ3n) is 4.38. The van der Waals surface area contributed by atoms with Crippen LogP contribution < -0.4 is 0 Å². The summed E-state index contributed by atoms with van der Waals surface area (Å²) in [4.78, 5) is 26.2. The first kappa shape index (κ1) is 15.5. The molecule has 0 spiro atoms. The number of benzene rings is 1. The van der Waals surface area contributed by atoms with Gasteiger partial charge in [-0.1, -0.05) is 30.3 Å². The molecule has 1 aliphatic rings. The van der Waals surface area contributed by atoms with Crippen LogP contribution in [0.5, 0.6) is 0 Å². The summed E-state index contributed by atoms with van der Waals surface area (Å²) in [6.07, 6.45) is 4.08. The molecule has 4 nitrogen and oxygen atoms in total. The Hall–Kier alpha value is -2.36. The Morgan fingerprint density at radius 2 is 1.91 bits per heavy atom. The van der Waals surface area contributed by atoms with Crippen LogP contribution in [0.25, 0.3) is 0 Å². The van der Waals surface area contributed by atoms with E-state index in [-0.39, 0.29) is 11.7 Å². The van der Waals surface area contributed by atoms with Crippen molar-refractivity contribution in [3.8, 4) is 0 Å². The number of carbonyl (C=O) groups is 2. The Labute approximate surface area is 136 Å². The number of nitrogens with zero attached hydrogens (tertiary/aromatic N) is 1. The highest BCUT2D eigenvalue weighted by Crippen LogP contribution is 2.27. The van der Waals surface area contributed by atoms with Crippen molar-refractivity contribution >= 4 is 11.7 Å². The number of ketones is 1. The van der Waals surface area contributed by atoms with E-state index in [0.29, 0.717) is 25.2 Å². The molecule has 23 heavy (non-hydrogen) atoms. The molecule has 1 aromatic carbocycles. The average Bonchev–Trinajstić information content (AvgIpc) is 3.26. The van der Waals surface area contributed by atoms with Crippen LogP contribution in [0.1, 0.15) is 47.7 Å². The van der Waals surface area contributed by atoms with Gasteiger partial charge in [-0.3, -0.25) is 9.59 Å². The van der Waals surface area contributed by atoms with Crippen molar-refractivity contribution < 1.29 is 14.0 Å². The van der Waals surface area contributed by atoms with Crippen molar-refractivity contribution in [2.24, 2.45) is 0 Å². The molecule has 120 valence electrons. The van der Waals surface area contributed by atoms with E-state index in [1.807, 2.05) is 47.4 Å². The van der Waals surface area contributed by atoms with Crippen molar-refractivity contribution in [3.63, 3.8) is 0 Å². The first-order chi connectivity index (χ1) is 11.2. The van der Waals surface area contributed by atoms with E-state index in [9.17, 15) is 9.59 Å². The Morgan fingerprint density at radius 3 is 2.65 bits per heavy atom. The predicted molar refractivity (Wildman–Crippen MR) is 87.3 cm³/mol. The molecule has 1 amide bonds. The van der Waals surface area contributed by atoms with Crippen LogP contribution in [0.2, 0.25) is 0 Å². The van der Waals surface area contributed by atoms with Gasteiger partial charge in [0.05, 0.1) is 6.26 Å². The van der Waals surface area contributed by atoms with Gasteiger partial charge in [-0.25, -0.2) is 0 Å². The van der Waals surface area contributed by atoms with Crippen LogP contribution in [0, 0.1) is 0 Å². The summed E-state index contributed by atoms with van der Waals surface area (Å²) >= 11 is 0. The van der Waals surface area contributed by atoms with Crippen LogP contribution in [0.3, 0.4) is 0 Å².